The monoisotopic (exact) mass is 413 g/mol. The van der Waals surface area contributed by atoms with Crippen molar-refractivity contribution in [3.05, 3.63) is 102 Å². The van der Waals surface area contributed by atoms with Crippen LogP contribution in [0.1, 0.15) is 27.3 Å². The van der Waals surface area contributed by atoms with Gasteiger partial charge in [-0.15, -0.1) is 0 Å². The number of rotatable bonds is 5. The van der Waals surface area contributed by atoms with Crippen LogP contribution in [0.3, 0.4) is 0 Å². The highest BCUT2D eigenvalue weighted by Gasteiger charge is 2.15. The Morgan fingerprint density at radius 1 is 0.967 bits per heavy atom. The number of ether oxygens (including phenoxy) is 1. The van der Waals surface area contributed by atoms with Crippen LogP contribution in [0, 0.1) is 6.92 Å². The molecule has 0 bridgehead atoms. The minimum absolute atomic E-state index is 0.266. The third-order valence-corrected chi connectivity index (χ3v) is 5.60. The smallest absolute Gasteiger partial charge is 0.356 e. The van der Waals surface area contributed by atoms with E-state index in [1.54, 1.807) is 12.3 Å². The van der Waals surface area contributed by atoms with Crippen LogP contribution in [0.15, 0.2) is 84.0 Å². The molecule has 0 N–H and O–H groups in total. The zero-order valence-electron chi connectivity index (χ0n) is 16.6. The van der Waals surface area contributed by atoms with Crippen molar-refractivity contribution in [3.8, 4) is 10.4 Å². The van der Waals surface area contributed by atoms with E-state index < -0.39 is 5.97 Å². The highest BCUT2D eigenvalue weighted by atomic mass is 32.1. The number of carbonyl (C=O) groups is 1. The van der Waals surface area contributed by atoms with Crippen molar-refractivity contribution < 1.29 is 9.53 Å². The highest BCUT2D eigenvalue weighted by molar-refractivity contribution is 7.18. The van der Waals surface area contributed by atoms with E-state index in [0.29, 0.717) is 5.13 Å². The molecule has 4 rings (SSSR count). The molecule has 0 fully saturated rings. The summed E-state index contributed by atoms with van der Waals surface area (Å²) >= 11 is 1.48. The first kappa shape index (κ1) is 19.7. The number of hydrogen-bond acceptors (Lipinski definition) is 6. The van der Waals surface area contributed by atoms with Crippen LogP contribution in [0.25, 0.3) is 10.4 Å². The molecule has 0 saturated heterocycles. The Balaban J connectivity index is 1.78. The first-order valence-electron chi connectivity index (χ1n) is 9.37. The van der Waals surface area contributed by atoms with E-state index in [1.807, 2.05) is 73.7 Å². The second kappa shape index (κ2) is 8.80. The SMILES string of the molecule is COC(=O)c1cc(-c2sc(N=C(c3ccccc3)c3ccccc3)nc2C)ccn1. The van der Waals surface area contributed by atoms with Gasteiger partial charge in [-0.25, -0.2) is 19.8 Å². The molecule has 30 heavy (non-hydrogen) atoms. The molecule has 2 aromatic carbocycles. The van der Waals surface area contributed by atoms with Gasteiger partial charge in [-0.1, -0.05) is 72.0 Å². The number of thiazole rings is 1. The molecule has 0 saturated carbocycles. The van der Waals surface area contributed by atoms with Crippen LogP contribution in [0.5, 0.6) is 0 Å². The Labute approximate surface area is 178 Å². The maximum Gasteiger partial charge on any atom is 0.356 e. The van der Waals surface area contributed by atoms with Gasteiger partial charge < -0.3 is 4.74 Å². The maximum absolute atomic E-state index is 11.8. The van der Waals surface area contributed by atoms with Crippen molar-refractivity contribution in [2.45, 2.75) is 6.92 Å². The fourth-order valence-corrected chi connectivity index (χ4v) is 4.01. The zero-order valence-corrected chi connectivity index (χ0v) is 17.4. The van der Waals surface area contributed by atoms with Gasteiger partial charge in [-0.05, 0) is 24.6 Å². The van der Waals surface area contributed by atoms with Crippen molar-refractivity contribution >= 4 is 28.1 Å². The van der Waals surface area contributed by atoms with Crippen molar-refractivity contribution in [3.63, 3.8) is 0 Å². The standard InChI is InChI=1S/C24H19N3O2S/c1-16-22(19-13-14-25-20(15-19)23(28)29-2)30-24(26-16)27-21(17-9-5-3-6-10-17)18-11-7-4-8-12-18/h3-15H,1-2H3. The molecule has 6 heteroatoms. The molecule has 5 nitrogen and oxygen atoms in total. The molecule has 0 atom stereocenters. The first-order valence-corrected chi connectivity index (χ1v) is 10.2. The van der Waals surface area contributed by atoms with E-state index in [1.165, 1.54) is 18.4 Å². The van der Waals surface area contributed by atoms with Gasteiger partial charge >= 0.3 is 5.97 Å². The average Bonchev–Trinajstić information content (AvgIpc) is 3.18. The van der Waals surface area contributed by atoms with Gasteiger partial charge in [0.05, 0.1) is 23.4 Å². The van der Waals surface area contributed by atoms with Crippen molar-refractivity contribution in [1.82, 2.24) is 9.97 Å². The van der Waals surface area contributed by atoms with E-state index in [-0.39, 0.29) is 5.69 Å². The summed E-state index contributed by atoms with van der Waals surface area (Å²) in [5.41, 5.74) is 4.89. The summed E-state index contributed by atoms with van der Waals surface area (Å²) in [7, 11) is 1.34. The fourth-order valence-electron chi connectivity index (χ4n) is 3.07. The van der Waals surface area contributed by atoms with E-state index in [4.69, 9.17) is 9.73 Å². The minimum Gasteiger partial charge on any atom is -0.464 e. The number of aryl methyl sites for hydroxylation is 1. The van der Waals surface area contributed by atoms with Gasteiger partial charge in [0.2, 0.25) is 5.13 Å². The third kappa shape index (κ3) is 4.18. The number of nitrogens with zero attached hydrogens (tertiary/aromatic N) is 3. The Hall–Kier alpha value is -3.64. The fraction of sp³-hybridized carbons (Fsp3) is 0.0833. The van der Waals surface area contributed by atoms with Crippen molar-refractivity contribution in [2.75, 3.05) is 7.11 Å². The van der Waals surface area contributed by atoms with Gasteiger partial charge in [0, 0.05) is 17.3 Å². The summed E-state index contributed by atoms with van der Waals surface area (Å²) in [6.07, 6.45) is 1.60. The Bertz CT molecular complexity index is 1160. The molecule has 2 heterocycles. The quantitative estimate of drug-likeness (QED) is 0.321. The van der Waals surface area contributed by atoms with Crippen molar-refractivity contribution in [2.24, 2.45) is 4.99 Å². The van der Waals surface area contributed by atoms with Gasteiger partial charge in [0.15, 0.2) is 0 Å². The molecule has 0 unspecified atom stereocenters. The number of hydrogen-bond donors (Lipinski definition) is 0. The number of esters is 1. The predicted octanol–water partition coefficient (Wildman–Crippen LogP) is 5.47. The van der Waals surface area contributed by atoms with E-state index in [2.05, 4.69) is 9.97 Å². The average molecular weight is 414 g/mol. The lowest BCUT2D eigenvalue weighted by Crippen LogP contribution is -2.03. The molecule has 0 aliphatic heterocycles. The Morgan fingerprint density at radius 2 is 1.60 bits per heavy atom. The van der Waals surface area contributed by atoms with E-state index >= 15 is 0 Å². The van der Waals surface area contributed by atoms with Gasteiger partial charge in [-0.2, -0.15) is 0 Å². The molecular formula is C24H19N3O2S. The lowest BCUT2D eigenvalue weighted by molar-refractivity contribution is 0.0594. The number of methoxy groups -OCH3 is 1. The molecule has 0 radical (unpaired) electrons. The number of aromatic nitrogens is 2. The number of carbonyl (C=O) groups excluding carboxylic acids is 1. The van der Waals surface area contributed by atoms with E-state index in [0.717, 1.165) is 33.0 Å². The molecule has 0 aliphatic carbocycles. The number of pyridine rings is 1. The maximum atomic E-state index is 11.8. The highest BCUT2D eigenvalue weighted by Crippen LogP contribution is 2.35. The lowest BCUT2D eigenvalue weighted by atomic mass is 10.0. The largest absolute Gasteiger partial charge is 0.464 e. The van der Waals surface area contributed by atoms with Crippen LogP contribution in [0.2, 0.25) is 0 Å². The molecule has 0 spiro atoms. The molecule has 2 aromatic heterocycles. The Morgan fingerprint density at radius 3 is 2.20 bits per heavy atom. The normalized spacial score (nSPS) is 10.5. The summed E-state index contributed by atoms with van der Waals surface area (Å²) in [5, 5.41) is 0.654. The first-order chi connectivity index (χ1) is 14.7. The molecule has 148 valence electrons. The minimum atomic E-state index is -0.465. The van der Waals surface area contributed by atoms with Crippen LogP contribution in [-0.4, -0.2) is 28.8 Å². The summed E-state index contributed by atoms with van der Waals surface area (Å²) in [6.45, 7) is 1.94. The summed E-state index contributed by atoms with van der Waals surface area (Å²) in [6, 6.07) is 23.7. The van der Waals surface area contributed by atoms with Gasteiger partial charge in [0.1, 0.15) is 5.69 Å². The van der Waals surface area contributed by atoms with Gasteiger partial charge in [-0.3, -0.25) is 0 Å². The second-order valence-corrected chi connectivity index (χ2v) is 7.50. The second-order valence-electron chi connectivity index (χ2n) is 6.52. The van der Waals surface area contributed by atoms with Crippen LogP contribution >= 0.6 is 11.3 Å². The topological polar surface area (TPSA) is 64.4 Å². The Kier molecular flexibility index (Phi) is 5.77. The summed E-state index contributed by atoms with van der Waals surface area (Å²) < 4.78 is 4.78. The number of aliphatic imine (C=N–C) groups is 1. The molecule has 0 aliphatic rings. The lowest BCUT2D eigenvalue weighted by Gasteiger charge is -2.06. The van der Waals surface area contributed by atoms with Crippen LogP contribution in [0.4, 0.5) is 5.13 Å². The predicted molar refractivity (Wildman–Crippen MR) is 120 cm³/mol. The molecule has 0 amide bonds. The summed E-state index contributed by atoms with van der Waals surface area (Å²) in [4.78, 5) is 26.4. The zero-order chi connectivity index (χ0) is 20.9. The van der Waals surface area contributed by atoms with Crippen LogP contribution < -0.4 is 0 Å². The number of benzene rings is 2. The molecule has 4 aromatic rings. The van der Waals surface area contributed by atoms with Crippen LogP contribution in [-0.2, 0) is 4.74 Å². The van der Waals surface area contributed by atoms with Crippen molar-refractivity contribution in [1.29, 1.82) is 0 Å². The summed E-state index contributed by atoms with van der Waals surface area (Å²) in [5.74, 6) is -0.465. The molecular weight excluding hydrogens is 394 g/mol. The van der Waals surface area contributed by atoms with Gasteiger partial charge in [0.25, 0.3) is 0 Å². The third-order valence-electron chi connectivity index (χ3n) is 4.50. The van der Waals surface area contributed by atoms with E-state index in [9.17, 15) is 4.79 Å².